The number of carbonyl (C=O) groups excluding carboxylic acids is 1. The number of carbonyl (C=O) groups is 1. The highest BCUT2D eigenvalue weighted by atomic mass is 16.1. The third-order valence-corrected chi connectivity index (χ3v) is 3.07. The minimum absolute atomic E-state index is 0.0872. The first-order valence-corrected chi connectivity index (χ1v) is 6.97. The van der Waals surface area contributed by atoms with Crippen molar-refractivity contribution in [3.05, 3.63) is 6.33 Å². The number of amides is 1. The number of H-pyrrole nitrogens is 1. The van der Waals surface area contributed by atoms with Crippen LogP contribution in [0.1, 0.15) is 45.4 Å². The van der Waals surface area contributed by atoms with Crippen LogP contribution >= 0.6 is 0 Å². The van der Waals surface area contributed by atoms with Crippen molar-refractivity contribution in [2.75, 3.05) is 11.1 Å². The molecule has 2 rings (SSSR count). The van der Waals surface area contributed by atoms with Crippen molar-refractivity contribution < 1.29 is 4.79 Å². The maximum absolute atomic E-state index is 11.8. The summed E-state index contributed by atoms with van der Waals surface area (Å²) in [5, 5.41) is 2.66. The molecule has 0 atom stereocenters. The van der Waals surface area contributed by atoms with Gasteiger partial charge in [-0.25, -0.2) is 4.98 Å². The third-order valence-electron chi connectivity index (χ3n) is 3.07. The van der Waals surface area contributed by atoms with Crippen LogP contribution in [-0.4, -0.2) is 25.8 Å². The van der Waals surface area contributed by atoms with E-state index in [0.29, 0.717) is 17.6 Å². The Morgan fingerprint density at radius 3 is 2.90 bits per heavy atom. The number of nitrogens with two attached hydrogens (primary N) is 1. The normalized spacial score (nSPS) is 10.8. The standard InChI is InChI=1S/C13H20N6O/c1-2-3-4-5-6-7-9(20)17-13-18-11(14)10-12(19-13)16-8-15-10/h8H,2-7H2,1H3,(H4,14,15,16,17,18,19,20). The zero-order valence-electron chi connectivity index (χ0n) is 11.6. The lowest BCUT2D eigenvalue weighted by Gasteiger charge is -2.04. The fourth-order valence-corrected chi connectivity index (χ4v) is 1.99. The molecule has 0 bridgehead atoms. The van der Waals surface area contributed by atoms with E-state index in [-0.39, 0.29) is 17.7 Å². The number of nitrogen functional groups attached to an aromatic ring is 1. The van der Waals surface area contributed by atoms with E-state index in [0.717, 1.165) is 12.8 Å². The highest BCUT2D eigenvalue weighted by molar-refractivity contribution is 5.91. The molecule has 0 aromatic carbocycles. The zero-order chi connectivity index (χ0) is 14.4. The van der Waals surface area contributed by atoms with Crippen LogP contribution in [-0.2, 0) is 4.79 Å². The summed E-state index contributed by atoms with van der Waals surface area (Å²) >= 11 is 0. The average Bonchev–Trinajstić information content (AvgIpc) is 2.87. The third kappa shape index (κ3) is 3.66. The number of anilines is 2. The zero-order valence-corrected chi connectivity index (χ0v) is 11.6. The van der Waals surface area contributed by atoms with Crippen LogP contribution in [0.25, 0.3) is 11.2 Å². The number of aromatic nitrogens is 4. The molecule has 20 heavy (non-hydrogen) atoms. The Morgan fingerprint density at radius 1 is 1.30 bits per heavy atom. The topological polar surface area (TPSA) is 110 Å². The Morgan fingerprint density at radius 2 is 2.10 bits per heavy atom. The van der Waals surface area contributed by atoms with Crippen molar-refractivity contribution in [1.82, 2.24) is 19.9 Å². The van der Waals surface area contributed by atoms with Crippen LogP contribution in [0.4, 0.5) is 11.8 Å². The number of hydrogen-bond acceptors (Lipinski definition) is 5. The van der Waals surface area contributed by atoms with Crippen LogP contribution in [0.2, 0.25) is 0 Å². The van der Waals surface area contributed by atoms with Crippen LogP contribution in [0, 0.1) is 0 Å². The summed E-state index contributed by atoms with van der Waals surface area (Å²) in [6.07, 6.45) is 7.52. The second-order valence-electron chi connectivity index (χ2n) is 4.75. The number of nitrogens with zero attached hydrogens (tertiary/aromatic N) is 3. The lowest BCUT2D eigenvalue weighted by Crippen LogP contribution is -2.14. The van der Waals surface area contributed by atoms with E-state index in [1.54, 1.807) is 0 Å². The molecular formula is C13H20N6O. The predicted octanol–water partition coefficient (Wildman–Crippen LogP) is 2.23. The lowest BCUT2D eigenvalue weighted by molar-refractivity contribution is -0.116. The van der Waals surface area contributed by atoms with E-state index in [4.69, 9.17) is 5.73 Å². The van der Waals surface area contributed by atoms with Gasteiger partial charge in [0.25, 0.3) is 0 Å². The summed E-state index contributed by atoms with van der Waals surface area (Å²) in [5.41, 5.74) is 6.80. The van der Waals surface area contributed by atoms with E-state index < -0.39 is 0 Å². The molecule has 0 unspecified atom stereocenters. The van der Waals surface area contributed by atoms with Gasteiger partial charge in [-0.15, -0.1) is 0 Å². The van der Waals surface area contributed by atoms with Gasteiger partial charge in [0.2, 0.25) is 11.9 Å². The Labute approximate surface area is 117 Å². The summed E-state index contributed by atoms with van der Waals surface area (Å²) in [7, 11) is 0. The second-order valence-corrected chi connectivity index (χ2v) is 4.75. The van der Waals surface area contributed by atoms with Gasteiger partial charge in [-0.1, -0.05) is 32.6 Å². The quantitative estimate of drug-likeness (QED) is 0.672. The minimum Gasteiger partial charge on any atom is -0.382 e. The van der Waals surface area contributed by atoms with Gasteiger partial charge in [0.05, 0.1) is 6.33 Å². The molecule has 0 aliphatic heterocycles. The molecule has 7 nitrogen and oxygen atoms in total. The first-order chi connectivity index (χ1) is 9.70. The molecule has 1 amide bonds. The second kappa shape index (κ2) is 6.83. The molecule has 7 heteroatoms. The van der Waals surface area contributed by atoms with Crippen molar-refractivity contribution >= 4 is 28.8 Å². The maximum atomic E-state index is 11.8. The molecule has 2 aromatic heterocycles. The van der Waals surface area contributed by atoms with Gasteiger partial charge in [0.15, 0.2) is 11.5 Å². The molecule has 0 spiro atoms. The summed E-state index contributed by atoms with van der Waals surface area (Å²) in [6.45, 7) is 2.17. The molecule has 0 radical (unpaired) electrons. The Balaban J connectivity index is 1.86. The van der Waals surface area contributed by atoms with Gasteiger partial charge < -0.3 is 10.7 Å². The van der Waals surface area contributed by atoms with Crippen LogP contribution in [0.5, 0.6) is 0 Å². The van der Waals surface area contributed by atoms with E-state index in [1.165, 1.54) is 25.6 Å². The van der Waals surface area contributed by atoms with E-state index in [2.05, 4.69) is 32.2 Å². The van der Waals surface area contributed by atoms with Crippen molar-refractivity contribution in [3.8, 4) is 0 Å². The molecule has 2 heterocycles. The van der Waals surface area contributed by atoms with Gasteiger partial charge in [-0.2, -0.15) is 9.97 Å². The molecule has 0 aliphatic rings. The molecule has 0 saturated heterocycles. The fourth-order valence-electron chi connectivity index (χ4n) is 1.99. The lowest BCUT2D eigenvalue weighted by atomic mass is 10.1. The number of unbranched alkanes of at least 4 members (excludes halogenated alkanes) is 4. The molecule has 108 valence electrons. The number of aromatic amines is 1. The first kappa shape index (κ1) is 14.2. The first-order valence-electron chi connectivity index (χ1n) is 6.97. The van der Waals surface area contributed by atoms with Gasteiger partial charge in [-0.05, 0) is 6.42 Å². The molecule has 2 aromatic rings. The van der Waals surface area contributed by atoms with Crippen molar-refractivity contribution in [2.45, 2.75) is 45.4 Å². The van der Waals surface area contributed by atoms with Crippen molar-refractivity contribution in [3.63, 3.8) is 0 Å². The van der Waals surface area contributed by atoms with Gasteiger partial charge in [0.1, 0.15) is 5.52 Å². The van der Waals surface area contributed by atoms with Crippen molar-refractivity contribution in [2.24, 2.45) is 0 Å². The SMILES string of the molecule is CCCCCCCC(=O)Nc1nc(N)c2[nH]cnc2n1. The van der Waals surface area contributed by atoms with Gasteiger partial charge >= 0.3 is 0 Å². The Bertz CT molecular complexity index is 579. The molecule has 4 N–H and O–H groups in total. The average molecular weight is 276 g/mol. The molecular weight excluding hydrogens is 256 g/mol. The fraction of sp³-hybridized carbons (Fsp3) is 0.538. The van der Waals surface area contributed by atoms with E-state index in [9.17, 15) is 4.79 Å². The smallest absolute Gasteiger partial charge is 0.233 e. The summed E-state index contributed by atoms with van der Waals surface area (Å²) in [5.74, 6) is 0.405. The minimum atomic E-state index is -0.0872. The predicted molar refractivity (Wildman–Crippen MR) is 78.1 cm³/mol. The monoisotopic (exact) mass is 276 g/mol. The Kier molecular flexibility index (Phi) is 4.86. The Hall–Kier alpha value is -2.18. The highest BCUT2D eigenvalue weighted by Gasteiger charge is 2.09. The van der Waals surface area contributed by atoms with E-state index in [1.807, 2.05) is 0 Å². The number of fused-ring (bicyclic) bond motifs is 1. The summed E-state index contributed by atoms with van der Waals surface area (Å²) in [6, 6.07) is 0. The van der Waals surface area contributed by atoms with Crippen LogP contribution in [0.15, 0.2) is 6.33 Å². The number of nitrogens with one attached hydrogen (secondary N) is 2. The van der Waals surface area contributed by atoms with E-state index >= 15 is 0 Å². The number of rotatable bonds is 7. The van der Waals surface area contributed by atoms with Crippen LogP contribution < -0.4 is 11.1 Å². The van der Waals surface area contributed by atoms with Gasteiger partial charge in [-0.3, -0.25) is 10.1 Å². The van der Waals surface area contributed by atoms with Crippen LogP contribution in [0.3, 0.4) is 0 Å². The van der Waals surface area contributed by atoms with Gasteiger partial charge in [0, 0.05) is 6.42 Å². The number of imidazole rings is 1. The maximum Gasteiger partial charge on any atom is 0.233 e. The number of hydrogen-bond donors (Lipinski definition) is 3. The largest absolute Gasteiger partial charge is 0.382 e. The highest BCUT2D eigenvalue weighted by Crippen LogP contribution is 2.15. The van der Waals surface area contributed by atoms with Crippen molar-refractivity contribution in [1.29, 1.82) is 0 Å². The summed E-state index contributed by atoms with van der Waals surface area (Å²) < 4.78 is 0. The molecule has 0 aliphatic carbocycles. The molecule has 0 fully saturated rings. The molecule has 0 saturated carbocycles. The summed E-state index contributed by atoms with van der Waals surface area (Å²) in [4.78, 5) is 26.8.